The van der Waals surface area contributed by atoms with E-state index in [-0.39, 0.29) is 0 Å². The fraction of sp³-hybridized carbons (Fsp3) is 0.188. The summed E-state index contributed by atoms with van der Waals surface area (Å²) in [6.07, 6.45) is 0. The van der Waals surface area contributed by atoms with Crippen molar-refractivity contribution in [2.45, 2.75) is 12.7 Å². The molecular weight excluding hydrogens is 254 g/mol. The van der Waals surface area contributed by atoms with E-state index in [4.69, 9.17) is 9.73 Å². The molecule has 2 aromatic carbocycles. The molecule has 0 amide bonds. The van der Waals surface area contributed by atoms with Crippen LogP contribution in [0.15, 0.2) is 53.5 Å². The smallest absolute Gasteiger partial charge is 0.129 e. The Morgan fingerprint density at radius 1 is 1.11 bits per heavy atom. The lowest BCUT2D eigenvalue weighted by molar-refractivity contribution is 0.340. The highest BCUT2D eigenvalue weighted by Crippen LogP contribution is 2.35. The van der Waals surface area contributed by atoms with Crippen LogP contribution in [0.1, 0.15) is 18.1 Å². The van der Waals surface area contributed by atoms with E-state index < -0.39 is 0 Å². The van der Waals surface area contributed by atoms with Crippen LogP contribution in [0.4, 0.5) is 5.69 Å². The van der Waals surface area contributed by atoms with Crippen LogP contribution in [0.2, 0.25) is 0 Å². The van der Waals surface area contributed by atoms with Gasteiger partial charge in [-0.15, -0.1) is 11.8 Å². The summed E-state index contributed by atoms with van der Waals surface area (Å²) in [7, 11) is 0. The van der Waals surface area contributed by atoms with Gasteiger partial charge in [-0.05, 0) is 30.7 Å². The van der Waals surface area contributed by atoms with E-state index in [9.17, 15) is 0 Å². The van der Waals surface area contributed by atoms with Gasteiger partial charge in [0.05, 0.1) is 12.3 Å². The Morgan fingerprint density at radius 2 is 1.89 bits per heavy atom. The number of para-hydroxylation sites is 2. The minimum Gasteiger partial charge on any atom is -0.493 e. The highest BCUT2D eigenvalue weighted by Gasteiger charge is 2.16. The largest absolute Gasteiger partial charge is 0.493 e. The number of hydrogen-bond donors (Lipinski definition) is 0. The van der Waals surface area contributed by atoms with Gasteiger partial charge in [-0.1, -0.05) is 30.3 Å². The van der Waals surface area contributed by atoms with Crippen LogP contribution in [0.25, 0.3) is 0 Å². The summed E-state index contributed by atoms with van der Waals surface area (Å²) < 4.78 is 5.68. The molecule has 96 valence electrons. The maximum Gasteiger partial charge on any atom is 0.129 e. The Labute approximate surface area is 117 Å². The van der Waals surface area contributed by atoms with E-state index in [1.165, 1.54) is 5.56 Å². The Balaban J connectivity index is 2.02. The number of ether oxygens (including phenoxy) is 1. The minimum absolute atomic E-state index is 0.672. The van der Waals surface area contributed by atoms with Gasteiger partial charge < -0.3 is 4.74 Å². The van der Waals surface area contributed by atoms with Gasteiger partial charge in [0.25, 0.3) is 0 Å². The molecule has 0 bridgehead atoms. The van der Waals surface area contributed by atoms with E-state index in [0.29, 0.717) is 6.61 Å². The molecule has 0 spiro atoms. The second-order valence-electron chi connectivity index (χ2n) is 4.26. The average Bonchev–Trinajstić information content (AvgIpc) is 2.48. The molecule has 0 aliphatic carbocycles. The molecule has 1 aliphatic rings. The van der Waals surface area contributed by atoms with Crippen molar-refractivity contribution in [1.82, 2.24) is 0 Å². The van der Waals surface area contributed by atoms with Gasteiger partial charge in [0.2, 0.25) is 0 Å². The Morgan fingerprint density at radius 3 is 2.79 bits per heavy atom. The normalized spacial score (nSPS) is 13.6. The highest BCUT2D eigenvalue weighted by molar-refractivity contribution is 8.13. The molecule has 0 unspecified atom stereocenters. The topological polar surface area (TPSA) is 21.6 Å². The molecule has 19 heavy (non-hydrogen) atoms. The molecular formula is C16H15NOS. The number of rotatable bonds is 3. The number of hydrogen-bond acceptors (Lipinski definition) is 3. The van der Waals surface area contributed by atoms with Crippen molar-refractivity contribution in [3.8, 4) is 5.75 Å². The molecule has 0 N–H and O–H groups in total. The van der Waals surface area contributed by atoms with Crippen LogP contribution in [0, 0.1) is 0 Å². The molecule has 0 fully saturated rings. The molecule has 0 saturated heterocycles. The van der Waals surface area contributed by atoms with E-state index in [0.717, 1.165) is 27.8 Å². The van der Waals surface area contributed by atoms with Gasteiger partial charge in [0, 0.05) is 11.3 Å². The summed E-state index contributed by atoms with van der Waals surface area (Å²) in [6, 6.07) is 16.4. The average molecular weight is 269 g/mol. The Bertz CT molecular complexity index is 622. The van der Waals surface area contributed by atoms with Crippen molar-refractivity contribution >= 4 is 22.5 Å². The molecule has 3 rings (SSSR count). The first-order valence-electron chi connectivity index (χ1n) is 6.40. The molecule has 1 heterocycles. The van der Waals surface area contributed by atoms with E-state index >= 15 is 0 Å². The van der Waals surface area contributed by atoms with Gasteiger partial charge in [0.1, 0.15) is 10.8 Å². The lowest BCUT2D eigenvalue weighted by atomic mass is 10.2. The predicted molar refractivity (Wildman–Crippen MR) is 81.5 cm³/mol. The maximum atomic E-state index is 5.68. The second kappa shape index (κ2) is 5.49. The summed E-state index contributed by atoms with van der Waals surface area (Å²) in [5.41, 5.74) is 3.46. The number of aliphatic imine (C=N–C) groups is 1. The molecule has 2 aromatic rings. The summed E-state index contributed by atoms with van der Waals surface area (Å²) in [5.74, 6) is 1.88. The molecule has 0 atom stereocenters. The van der Waals surface area contributed by atoms with Crippen LogP contribution < -0.4 is 4.74 Å². The van der Waals surface area contributed by atoms with E-state index in [2.05, 4.69) is 24.3 Å². The maximum absolute atomic E-state index is 5.68. The fourth-order valence-corrected chi connectivity index (χ4v) is 3.12. The minimum atomic E-state index is 0.672. The molecule has 0 aromatic heterocycles. The molecule has 3 heteroatoms. The van der Waals surface area contributed by atoms with Crippen molar-refractivity contribution < 1.29 is 4.74 Å². The van der Waals surface area contributed by atoms with Gasteiger partial charge >= 0.3 is 0 Å². The Hall–Kier alpha value is -1.74. The third-order valence-corrected chi connectivity index (χ3v) is 4.04. The predicted octanol–water partition coefficient (Wildman–Crippen LogP) is 4.41. The van der Waals surface area contributed by atoms with Gasteiger partial charge in [-0.2, -0.15) is 0 Å². The zero-order valence-corrected chi connectivity index (χ0v) is 11.6. The molecule has 2 nitrogen and oxygen atoms in total. The van der Waals surface area contributed by atoms with Gasteiger partial charge in [-0.3, -0.25) is 0 Å². The quantitative estimate of drug-likeness (QED) is 0.823. The third kappa shape index (κ3) is 2.51. The van der Waals surface area contributed by atoms with Gasteiger partial charge in [0.15, 0.2) is 0 Å². The summed E-state index contributed by atoms with van der Waals surface area (Å²) in [6.45, 7) is 2.67. The number of benzene rings is 2. The van der Waals surface area contributed by atoms with E-state index in [1.54, 1.807) is 11.8 Å². The van der Waals surface area contributed by atoms with Crippen molar-refractivity contribution in [1.29, 1.82) is 0 Å². The van der Waals surface area contributed by atoms with Crippen molar-refractivity contribution in [2.24, 2.45) is 4.99 Å². The summed E-state index contributed by atoms with van der Waals surface area (Å²) >= 11 is 1.77. The van der Waals surface area contributed by atoms with Gasteiger partial charge in [-0.25, -0.2) is 4.99 Å². The second-order valence-corrected chi connectivity index (χ2v) is 5.23. The van der Waals surface area contributed by atoms with E-state index in [1.807, 2.05) is 31.2 Å². The monoisotopic (exact) mass is 269 g/mol. The van der Waals surface area contributed by atoms with Crippen molar-refractivity contribution in [3.63, 3.8) is 0 Å². The zero-order valence-electron chi connectivity index (χ0n) is 10.8. The SMILES string of the molecule is CCOc1ccccc1C1=Nc2ccccc2CS1. The highest BCUT2D eigenvalue weighted by atomic mass is 32.2. The van der Waals surface area contributed by atoms with Crippen molar-refractivity contribution in [3.05, 3.63) is 59.7 Å². The first-order chi connectivity index (χ1) is 9.38. The zero-order chi connectivity index (χ0) is 13.1. The standard InChI is InChI=1S/C16H15NOS/c1-2-18-15-10-6-4-8-13(15)16-17-14-9-5-3-7-12(14)11-19-16/h3-10H,2,11H2,1H3. The third-order valence-electron chi connectivity index (χ3n) is 3.00. The van der Waals surface area contributed by atoms with Crippen molar-refractivity contribution in [2.75, 3.05) is 6.61 Å². The number of thioether (sulfide) groups is 1. The fourth-order valence-electron chi connectivity index (χ4n) is 2.09. The van der Waals surface area contributed by atoms with Crippen LogP contribution >= 0.6 is 11.8 Å². The number of nitrogens with zero attached hydrogens (tertiary/aromatic N) is 1. The first kappa shape index (κ1) is 12.3. The lowest BCUT2D eigenvalue weighted by Crippen LogP contribution is -2.05. The van der Waals surface area contributed by atoms with Crippen LogP contribution in [-0.4, -0.2) is 11.7 Å². The number of fused-ring (bicyclic) bond motifs is 1. The molecule has 0 saturated carbocycles. The molecule has 1 aliphatic heterocycles. The lowest BCUT2D eigenvalue weighted by Gasteiger charge is -2.17. The molecule has 0 radical (unpaired) electrons. The summed E-state index contributed by atoms with van der Waals surface area (Å²) in [5, 5.41) is 1.04. The van der Waals surface area contributed by atoms with Crippen LogP contribution in [-0.2, 0) is 5.75 Å². The summed E-state index contributed by atoms with van der Waals surface area (Å²) in [4.78, 5) is 4.76. The van der Waals surface area contributed by atoms with Crippen LogP contribution in [0.5, 0.6) is 5.75 Å². The van der Waals surface area contributed by atoms with Crippen LogP contribution in [0.3, 0.4) is 0 Å². The Kier molecular flexibility index (Phi) is 3.56. The first-order valence-corrected chi connectivity index (χ1v) is 7.38.